The van der Waals surface area contributed by atoms with Crippen LogP contribution in [0.5, 0.6) is 5.75 Å². The number of aromatic hydroxyl groups is 1. The molecular weight excluding hydrogens is 264 g/mol. The van der Waals surface area contributed by atoms with Crippen molar-refractivity contribution in [3.63, 3.8) is 0 Å². The smallest absolute Gasteiger partial charge is 0.181 e. The molecule has 0 amide bonds. The number of nitrogens with one attached hydrogen (secondary N) is 1. The molecule has 0 radical (unpaired) electrons. The van der Waals surface area contributed by atoms with Crippen LogP contribution in [-0.4, -0.2) is 16.8 Å². The van der Waals surface area contributed by atoms with E-state index in [1.165, 1.54) is 5.56 Å². The molecular formula is C17H18N2O2. The third-order valence-corrected chi connectivity index (χ3v) is 3.73. The predicted octanol–water partition coefficient (Wildman–Crippen LogP) is 3.92. The summed E-state index contributed by atoms with van der Waals surface area (Å²) >= 11 is 0. The molecule has 1 aromatic heterocycles. The number of aromatic nitrogens is 1. The van der Waals surface area contributed by atoms with Crippen molar-refractivity contribution in [3.05, 3.63) is 54.1 Å². The van der Waals surface area contributed by atoms with Gasteiger partial charge in [0.2, 0.25) is 0 Å². The quantitative estimate of drug-likeness (QED) is 0.761. The van der Waals surface area contributed by atoms with Gasteiger partial charge in [-0.3, -0.25) is 0 Å². The lowest BCUT2D eigenvalue weighted by Crippen LogP contribution is -2.27. The van der Waals surface area contributed by atoms with Crippen LogP contribution in [0.25, 0.3) is 11.0 Å². The average Bonchev–Trinajstić information content (AvgIpc) is 2.91. The third kappa shape index (κ3) is 2.57. The Labute approximate surface area is 123 Å². The Morgan fingerprint density at radius 3 is 2.62 bits per heavy atom. The minimum Gasteiger partial charge on any atom is -0.507 e. The van der Waals surface area contributed by atoms with E-state index in [1.807, 2.05) is 18.2 Å². The fourth-order valence-corrected chi connectivity index (χ4v) is 2.39. The maximum atomic E-state index is 9.95. The molecule has 0 spiro atoms. The van der Waals surface area contributed by atoms with E-state index in [2.05, 4.69) is 36.5 Å². The van der Waals surface area contributed by atoms with Gasteiger partial charge in [-0.2, -0.15) is 0 Å². The van der Waals surface area contributed by atoms with E-state index in [1.54, 1.807) is 18.2 Å². The van der Waals surface area contributed by atoms with Crippen LogP contribution in [0.2, 0.25) is 0 Å². The zero-order valence-corrected chi connectivity index (χ0v) is 12.1. The summed E-state index contributed by atoms with van der Waals surface area (Å²) in [7, 11) is 0. The Morgan fingerprint density at radius 1 is 1.10 bits per heavy atom. The second-order valence-corrected chi connectivity index (χ2v) is 5.78. The number of benzene rings is 2. The molecule has 0 unspecified atom stereocenters. The summed E-state index contributed by atoms with van der Waals surface area (Å²) in [5.41, 5.74) is 1.77. The van der Waals surface area contributed by atoms with Crippen molar-refractivity contribution in [2.45, 2.75) is 19.3 Å². The van der Waals surface area contributed by atoms with E-state index in [9.17, 15) is 5.11 Å². The second kappa shape index (κ2) is 5.13. The summed E-state index contributed by atoms with van der Waals surface area (Å²) < 4.78 is 5.23. The first-order chi connectivity index (χ1) is 10.1. The van der Waals surface area contributed by atoms with Gasteiger partial charge in [0.15, 0.2) is 11.4 Å². The maximum Gasteiger partial charge on any atom is 0.181 e. The van der Waals surface area contributed by atoms with E-state index in [-0.39, 0.29) is 11.2 Å². The van der Waals surface area contributed by atoms with Gasteiger partial charge in [-0.15, -0.1) is 0 Å². The van der Waals surface area contributed by atoms with Crippen LogP contribution in [0, 0.1) is 0 Å². The number of nitrogens with zero attached hydrogens (tertiary/aromatic N) is 1. The first-order valence-electron chi connectivity index (χ1n) is 6.95. The van der Waals surface area contributed by atoms with Crippen molar-refractivity contribution in [1.82, 2.24) is 5.16 Å². The lowest BCUT2D eigenvalue weighted by molar-refractivity contribution is 0.456. The topological polar surface area (TPSA) is 58.3 Å². The van der Waals surface area contributed by atoms with Crippen LogP contribution >= 0.6 is 0 Å². The summed E-state index contributed by atoms with van der Waals surface area (Å²) in [6.07, 6.45) is 0. The highest BCUT2D eigenvalue weighted by Crippen LogP contribution is 2.32. The van der Waals surface area contributed by atoms with Crippen LogP contribution < -0.4 is 5.32 Å². The molecule has 0 saturated heterocycles. The highest BCUT2D eigenvalue weighted by Gasteiger charge is 2.21. The number of fused-ring (bicyclic) bond motifs is 1. The van der Waals surface area contributed by atoms with Crippen LogP contribution in [0.1, 0.15) is 19.4 Å². The van der Waals surface area contributed by atoms with Crippen molar-refractivity contribution in [2.75, 3.05) is 11.9 Å². The van der Waals surface area contributed by atoms with Crippen molar-refractivity contribution < 1.29 is 9.63 Å². The summed E-state index contributed by atoms with van der Waals surface area (Å²) in [4.78, 5) is 0. The Hall–Kier alpha value is -2.49. The first kappa shape index (κ1) is 13.5. The SMILES string of the molecule is CC(C)(CNc1noc2cccc(O)c12)c1ccccc1. The predicted molar refractivity (Wildman–Crippen MR) is 83.6 cm³/mol. The molecule has 2 N–H and O–H groups in total. The van der Waals surface area contributed by atoms with Crippen molar-refractivity contribution in [1.29, 1.82) is 0 Å². The normalized spacial score (nSPS) is 11.7. The van der Waals surface area contributed by atoms with Crippen LogP contribution in [0.3, 0.4) is 0 Å². The monoisotopic (exact) mass is 282 g/mol. The molecule has 4 nitrogen and oxygen atoms in total. The van der Waals surface area contributed by atoms with E-state index < -0.39 is 0 Å². The molecule has 3 rings (SSSR count). The molecule has 0 saturated carbocycles. The van der Waals surface area contributed by atoms with Gasteiger partial charge in [-0.1, -0.05) is 55.4 Å². The lowest BCUT2D eigenvalue weighted by Gasteiger charge is -2.25. The molecule has 0 aliphatic rings. The molecule has 0 fully saturated rings. The zero-order chi connectivity index (χ0) is 14.9. The van der Waals surface area contributed by atoms with Gasteiger partial charge in [0.05, 0.1) is 0 Å². The standard InChI is InChI=1S/C17H18N2O2/c1-17(2,12-7-4-3-5-8-12)11-18-16-15-13(20)9-6-10-14(15)21-19-16/h3-10,20H,11H2,1-2H3,(H,18,19). The fourth-order valence-electron chi connectivity index (χ4n) is 2.39. The fraction of sp³-hybridized carbons (Fsp3) is 0.235. The molecule has 0 aliphatic carbocycles. The summed E-state index contributed by atoms with van der Waals surface area (Å²) in [5, 5.41) is 17.9. The molecule has 0 aliphatic heterocycles. The van der Waals surface area contributed by atoms with Crippen molar-refractivity contribution in [2.24, 2.45) is 0 Å². The average molecular weight is 282 g/mol. The Bertz CT molecular complexity index is 748. The third-order valence-electron chi connectivity index (χ3n) is 3.73. The van der Waals surface area contributed by atoms with E-state index in [4.69, 9.17) is 4.52 Å². The minimum atomic E-state index is -0.0586. The number of hydrogen-bond acceptors (Lipinski definition) is 4. The molecule has 108 valence electrons. The number of rotatable bonds is 4. The van der Waals surface area contributed by atoms with E-state index >= 15 is 0 Å². The Balaban J connectivity index is 1.84. The maximum absolute atomic E-state index is 9.95. The minimum absolute atomic E-state index is 0.0586. The molecule has 2 aromatic carbocycles. The van der Waals surface area contributed by atoms with Gasteiger partial charge in [0.25, 0.3) is 0 Å². The molecule has 0 atom stereocenters. The van der Waals surface area contributed by atoms with E-state index in [0.717, 1.165) is 0 Å². The van der Waals surface area contributed by atoms with Gasteiger partial charge in [-0.05, 0) is 17.7 Å². The summed E-state index contributed by atoms with van der Waals surface area (Å²) in [5.74, 6) is 0.751. The number of anilines is 1. The highest BCUT2D eigenvalue weighted by atomic mass is 16.5. The summed E-state index contributed by atoms with van der Waals surface area (Å²) in [6, 6.07) is 15.5. The van der Waals surface area contributed by atoms with Crippen LogP contribution in [-0.2, 0) is 5.41 Å². The van der Waals surface area contributed by atoms with Gasteiger partial charge in [0.1, 0.15) is 11.1 Å². The number of hydrogen-bond donors (Lipinski definition) is 2. The summed E-state index contributed by atoms with van der Waals surface area (Å²) in [6.45, 7) is 5.02. The zero-order valence-electron chi connectivity index (χ0n) is 12.1. The highest BCUT2D eigenvalue weighted by molar-refractivity contribution is 5.93. The van der Waals surface area contributed by atoms with Gasteiger partial charge in [-0.25, -0.2) is 0 Å². The Kier molecular flexibility index (Phi) is 3.29. The molecule has 4 heteroatoms. The molecule has 3 aromatic rings. The van der Waals surface area contributed by atoms with E-state index in [0.29, 0.717) is 23.3 Å². The molecule has 1 heterocycles. The van der Waals surface area contributed by atoms with Gasteiger partial charge < -0.3 is 14.9 Å². The van der Waals surface area contributed by atoms with Gasteiger partial charge >= 0.3 is 0 Å². The largest absolute Gasteiger partial charge is 0.507 e. The number of phenolic OH excluding ortho intramolecular Hbond substituents is 1. The second-order valence-electron chi connectivity index (χ2n) is 5.78. The van der Waals surface area contributed by atoms with Crippen LogP contribution in [0.15, 0.2) is 53.1 Å². The van der Waals surface area contributed by atoms with Gasteiger partial charge in [0, 0.05) is 12.0 Å². The van der Waals surface area contributed by atoms with Crippen molar-refractivity contribution in [3.8, 4) is 5.75 Å². The Morgan fingerprint density at radius 2 is 1.86 bits per heavy atom. The molecule has 0 bridgehead atoms. The lowest BCUT2D eigenvalue weighted by atomic mass is 9.84. The number of phenols is 1. The van der Waals surface area contributed by atoms with Crippen molar-refractivity contribution >= 4 is 16.8 Å². The van der Waals surface area contributed by atoms with Crippen LogP contribution in [0.4, 0.5) is 5.82 Å². The first-order valence-corrected chi connectivity index (χ1v) is 6.95. The molecule has 21 heavy (non-hydrogen) atoms.